The summed E-state index contributed by atoms with van der Waals surface area (Å²) in [4.78, 5) is 18.9. The van der Waals surface area contributed by atoms with E-state index < -0.39 is 0 Å². The number of para-hydroxylation sites is 1. The van der Waals surface area contributed by atoms with E-state index in [1.54, 1.807) is 30.1 Å². The fourth-order valence-electron chi connectivity index (χ4n) is 2.52. The fourth-order valence-corrected chi connectivity index (χ4v) is 3.49. The number of ketones is 1. The highest BCUT2D eigenvalue weighted by molar-refractivity contribution is 7.99. The molecule has 1 aliphatic heterocycles. The zero-order valence-electron chi connectivity index (χ0n) is 12.8. The summed E-state index contributed by atoms with van der Waals surface area (Å²) in [7, 11) is 0. The Balaban J connectivity index is 1.58. The summed E-state index contributed by atoms with van der Waals surface area (Å²) in [6, 6.07) is 19.5. The van der Waals surface area contributed by atoms with Gasteiger partial charge in [0.15, 0.2) is 5.78 Å². The van der Waals surface area contributed by atoms with E-state index in [1.165, 1.54) is 4.90 Å². The minimum atomic E-state index is -0.0332. The number of benzene rings is 2. The Morgan fingerprint density at radius 1 is 0.958 bits per heavy atom. The molecular weight excluding hydrogens is 316 g/mol. The maximum absolute atomic E-state index is 12.4. The normalized spacial score (nSPS) is 12.3. The number of fused-ring (bicyclic) bond motifs is 2. The topological polar surface area (TPSA) is 42.0 Å². The van der Waals surface area contributed by atoms with Crippen molar-refractivity contribution in [2.45, 2.75) is 9.79 Å². The molecule has 0 unspecified atom stereocenters. The van der Waals surface area contributed by atoms with Crippen LogP contribution in [0.5, 0.6) is 0 Å². The standard InChI is InChI=1S/C20H14N2OS/c23-18(10-9-15-5-3-4-12-21-15)14-8-11-20-17(13-14)22-16-6-1-2-7-19(16)24-20/h1-13,22H/b10-9+. The highest BCUT2D eigenvalue weighted by Gasteiger charge is 2.16. The lowest BCUT2D eigenvalue weighted by Gasteiger charge is -2.20. The SMILES string of the molecule is O=C(/C=C/c1ccccn1)c1ccc2c(c1)Nc1ccccc1S2. The summed E-state index contributed by atoms with van der Waals surface area (Å²) in [5.41, 5.74) is 3.47. The molecular formula is C20H14N2OS. The van der Waals surface area contributed by atoms with Gasteiger partial charge in [0.1, 0.15) is 0 Å². The Morgan fingerprint density at radius 3 is 2.67 bits per heavy atom. The number of nitrogens with one attached hydrogen (secondary N) is 1. The van der Waals surface area contributed by atoms with E-state index in [9.17, 15) is 4.79 Å². The molecule has 1 N–H and O–H groups in total. The highest BCUT2D eigenvalue weighted by Crippen LogP contribution is 2.44. The van der Waals surface area contributed by atoms with E-state index in [1.807, 2.05) is 54.6 Å². The highest BCUT2D eigenvalue weighted by atomic mass is 32.2. The second-order valence-corrected chi connectivity index (χ2v) is 6.47. The van der Waals surface area contributed by atoms with Crippen molar-refractivity contribution >= 4 is 35.0 Å². The van der Waals surface area contributed by atoms with Crippen LogP contribution in [0.2, 0.25) is 0 Å². The van der Waals surface area contributed by atoms with Crippen molar-refractivity contribution in [2.24, 2.45) is 0 Å². The predicted molar refractivity (Wildman–Crippen MR) is 97.9 cm³/mol. The molecule has 2 heterocycles. The summed E-state index contributed by atoms with van der Waals surface area (Å²) in [5, 5.41) is 3.40. The minimum absolute atomic E-state index is 0.0332. The monoisotopic (exact) mass is 330 g/mol. The molecule has 0 amide bonds. The van der Waals surface area contributed by atoms with E-state index in [0.717, 1.165) is 22.0 Å². The lowest BCUT2D eigenvalue weighted by molar-refractivity contribution is 0.104. The van der Waals surface area contributed by atoms with Gasteiger partial charge in [-0.3, -0.25) is 9.78 Å². The average Bonchev–Trinajstić information content (AvgIpc) is 2.64. The van der Waals surface area contributed by atoms with Crippen LogP contribution >= 0.6 is 11.8 Å². The number of allylic oxidation sites excluding steroid dienone is 1. The Labute approximate surface area is 144 Å². The molecule has 0 aliphatic carbocycles. The Kier molecular flexibility index (Phi) is 3.89. The van der Waals surface area contributed by atoms with Crippen LogP contribution in [0.15, 0.2) is 82.7 Å². The number of carbonyl (C=O) groups excluding carboxylic acids is 1. The molecule has 0 atom stereocenters. The smallest absolute Gasteiger partial charge is 0.185 e. The van der Waals surface area contributed by atoms with Gasteiger partial charge in [0.2, 0.25) is 0 Å². The molecule has 3 nitrogen and oxygen atoms in total. The second kappa shape index (κ2) is 6.34. The van der Waals surface area contributed by atoms with Crippen molar-refractivity contribution in [3.8, 4) is 0 Å². The molecule has 2 aromatic carbocycles. The van der Waals surface area contributed by atoms with E-state index in [4.69, 9.17) is 0 Å². The van der Waals surface area contributed by atoms with Crippen LogP contribution in [-0.2, 0) is 0 Å². The van der Waals surface area contributed by atoms with Crippen LogP contribution in [0.1, 0.15) is 16.1 Å². The van der Waals surface area contributed by atoms with Gasteiger partial charge in [-0.1, -0.05) is 30.0 Å². The third-order valence-corrected chi connectivity index (χ3v) is 4.89. The van der Waals surface area contributed by atoms with Crippen LogP contribution in [0.4, 0.5) is 11.4 Å². The van der Waals surface area contributed by atoms with Crippen molar-refractivity contribution in [3.63, 3.8) is 0 Å². The number of hydrogen-bond acceptors (Lipinski definition) is 4. The van der Waals surface area contributed by atoms with Gasteiger partial charge in [0.25, 0.3) is 0 Å². The van der Waals surface area contributed by atoms with Crippen LogP contribution in [0, 0.1) is 0 Å². The van der Waals surface area contributed by atoms with Crippen molar-refractivity contribution in [1.29, 1.82) is 0 Å². The van der Waals surface area contributed by atoms with Crippen LogP contribution in [-0.4, -0.2) is 10.8 Å². The third-order valence-electron chi connectivity index (χ3n) is 3.73. The zero-order chi connectivity index (χ0) is 16.4. The first-order valence-corrected chi connectivity index (χ1v) is 8.43. The molecule has 0 spiro atoms. The molecule has 4 heteroatoms. The van der Waals surface area contributed by atoms with Crippen molar-refractivity contribution in [2.75, 3.05) is 5.32 Å². The van der Waals surface area contributed by atoms with Gasteiger partial charge in [0, 0.05) is 21.6 Å². The summed E-state index contributed by atoms with van der Waals surface area (Å²) in [6.45, 7) is 0. The molecule has 1 aromatic heterocycles. The van der Waals surface area contributed by atoms with E-state index in [-0.39, 0.29) is 5.78 Å². The van der Waals surface area contributed by atoms with Crippen molar-refractivity contribution < 1.29 is 4.79 Å². The maximum Gasteiger partial charge on any atom is 0.185 e. The van der Waals surface area contributed by atoms with E-state index >= 15 is 0 Å². The number of pyridine rings is 1. The summed E-state index contributed by atoms with van der Waals surface area (Å²) in [5.74, 6) is -0.0332. The van der Waals surface area contributed by atoms with Gasteiger partial charge in [-0.2, -0.15) is 0 Å². The van der Waals surface area contributed by atoms with Gasteiger partial charge >= 0.3 is 0 Å². The molecule has 24 heavy (non-hydrogen) atoms. The molecule has 1 aliphatic rings. The number of rotatable bonds is 3. The van der Waals surface area contributed by atoms with Crippen LogP contribution in [0.3, 0.4) is 0 Å². The summed E-state index contributed by atoms with van der Waals surface area (Å²) < 4.78 is 0. The van der Waals surface area contributed by atoms with Gasteiger partial charge in [-0.15, -0.1) is 0 Å². The maximum atomic E-state index is 12.4. The van der Waals surface area contributed by atoms with Crippen LogP contribution in [0.25, 0.3) is 6.08 Å². The fraction of sp³-hybridized carbons (Fsp3) is 0. The first kappa shape index (κ1) is 14.7. The van der Waals surface area contributed by atoms with Gasteiger partial charge < -0.3 is 5.32 Å². The molecule has 3 aromatic rings. The molecule has 0 saturated heterocycles. The zero-order valence-corrected chi connectivity index (χ0v) is 13.6. The molecule has 0 saturated carbocycles. The number of hydrogen-bond donors (Lipinski definition) is 1. The minimum Gasteiger partial charge on any atom is -0.354 e. The van der Waals surface area contributed by atoms with Gasteiger partial charge in [0.05, 0.1) is 17.1 Å². The van der Waals surface area contributed by atoms with E-state index in [0.29, 0.717) is 5.56 Å². The molecule has 4 rings (SSSR count). The lowest BCUT2D eigenvalue weighted by atomic mass is 10.1. The molecule has 116 valence electrons. The Bertz CT molecular complexity index is 935. The second-order valence-electron chi connectivity index (χ2n) is 5.39. The number of aromatic nitrogens is 1. The first-order valence-electron chi connectivity index (χ1n) is 7.61. The first-order chi connectivity index (χ1) is 11.8. The number of anilines is 2. The Morgan fingerprint density at radius 2 is 1.79 bits per heavy atom. The number of nitrogens with zero attached hydrogens (tertiary/aromatic N) is 1. The van der Waals surface area contributed by atoms with Crippen molar-refractivity contribution in [1.82, 2.24) is 4.98 Å². The summed E-state index contributed by atoms with van der Waals surface area (Å²) in [6.07, 6.45) is 5.01. The van der Waals surface area contributed by atoms with Gasteiger partial charge in [-0.25, -0.2) is 0 Å². The average molecular weight is 330 g/mol. The number of carbonyl (C=O) groups is 1. The lowest BCUT2D eigenvalue weighted by Crippen LogP contribution is -2.02. The largest absolute Gasteiger partial charge is 0.354 e. The van der Waals surface area contributed by atoms with E-state index in [2.05, 4.69) is 16.4 Å². The van der Waals surface area contributed by atoms with Gasteiger partial charge in [-0.05, 0) is 54.6 Å². The Hall–Kier alpha value is -2.85. The third kappa shape index (κ3) is 2.96. The predicted octanol–water partition coefficient (Wildman–Crippen LogP) is 5.19. The van der Waals surface area contributed by atoms with Crippen LogP contribution < -0.4 is 5.32 Å². The molecule has 0 bridgehead atoms. The summed E-state index contributed by atoms with van der Waals surface area (Å²) >= 11 is 1.71. The quantitative estimate of drug-likeness (QED) is 0.415. The van der Waals surface area contributed by atoms with Crippen molar-refractivity contribution in [3.05, 3.63) is 84.2 Å². The molecule has 0 radical (unpaired) electrons. The molecule has 0 fully saturated rings.